The van der Waals surface area contributed by atoms with E-state index in [9.17, 15) is 4.79 Å². The number of rotatable bonds is 3. The number of hydrogen-bond acceptors (Lipinski definition) is 4. The normalized spacial score (nSPS) is 10.1. The second-order valence-electron chi connectivity index (χ2n) is 2.15. The van der Waals surface area contributed by atoms with E-state index in [1.807, 2.05) is 0 Å². The maximum Gasteiger partial charge on any atom is 0.391 e. The SMILES string of the molecule is O=C(O)c1ccccc1OP(O)O. The van der Waals surface area contributed by atoms with Gasteiger partial charge in [-0.1, -0.05) is 12.1 Å². The lowest BCUT2D eigenvalue weighted by Gasteiger charge is -2.07. The second-order valence-corrected chi connectivity index (χ2v) is 2.83. The summed E-state index contributed by atoms with van der Waals surface area (Å²) in [5.74, 6) is -1.22. The van der Waals surface area contributed by atoms with Crippen molar-refractivity contribution >= 4 is 14.6 Å². The summed E-state index contributed by atoms with van der Waals surface area (Å²) in [6.45, 7) is 0. The zero-order valence-corrected chi connectivity index (χ0v) is 7.31. The molecule has 0 spiro atoms. The molecule has 0 unspecified atom stereocenters. The van der Waals surface area contributed by atoms with Gasteiger partial charge < -0.3 is 19.4 Å². The molecule has 0 bridgehead atoms. The van der Waals surface area contributed by atoms with E-state index in [-0.39, 0.29) is 11.3 Å². The van der Waals surface area contributed by atoms with Crippen LogP contribution in [0.15, 0.2) is 24.3 Å². The van der Waals surface area contributed by atoms with Gasteiger partial charge in [-0.2, -0.15) is 0 Å². The summed E-state index contributed by atoms with van der Waals surface area (Å²) in [7, 11) is -2.58. The number of benzene rings is 1. The van der Waals surface area contributed by atoms with Crippen molar-refractivity contribution in [3.8, 4) is 5.75 Å². The average Bonchev–Trinajstić information content (AvgIpc) is 2.03. The van der Waals surface area contributed by atoms with Crippen molar-refractivity contribution in [2.75, 3.05) is 0 Å². The fourth-order valence-corrected chi connectivity index (χ4v) is 1.15. The Kier molecular flexibility index (Phi) is 3.19. The highest BCUT2D eigenvalue weighted by atomic mass is 31.2. The minimum absolute atomic E-state index is 0.0499. The molecule has 0 aliphatic heterocycles. The Morgan fingerprint density at radius 3 is 2.46 bits per heavy atom. The van der Waals surface area contributed by atoms with Crippen LogP contribution in [0.2, 0.25) is 0 Å². The standard InChI is InChI=1S/C7H7O5P/c8-7(9)5-3-1-2-4-6(5)12-13(10)11/h1-4,10-11H,(H,8,9). The number of hydrogen-bond donors (Lipinski definition) is 3. The molecule has 1 aromatic rings. The molecule has 0 saturated carbocycles. The van der Waals surface area contributed by atoms with Crippen molar-refractivity contribution in [2.24, 2.45) is 0 Å². The maximum atomic E-state index is 10.6. The Morgan fingerprint density at radius 1 is 1.31 bits per heavy atom. The number of para-hydroxylation sites is 1. The predicted octanol–water partition coefficient (Wildman–Crippen LogP) is 0.975. The molecule has 0 aliphatic rings. The van der Waals surface area contributed by atoms with E-state index in [1.165, 1.54) is 18.2 Å². The summed E-state index contributed by atoms with van der Waals surface area (Å²) in [6, 6.07) is 5.73. The molecule has 0 saturated heterocycles. The summed E-state index contributed by atoms with van der Waals surface area (Å²) in [4.78, 5) is 27.6. The van der Waals surface area contributed by atoms with E-state index in [1.54, 1.807) is 6.07 Å². The van der Waals surface area contributed by atoms with Crippen LogP contribution in [-0.2, 0) is 0 Å². The molecule has 0 atom stereocenters. The van der Waals surface area contributed by atoms with Gasteiger partial charge in [-0.25, -0.2) is 4.79 Å². The highest BCUT2D eigenvalue weighted by Gasteiger charge is 2.12. The molecular weight excluding hydrogens is 195 g/mol. The van der Waals surface area contributed by atoms with Gasteiger partial charge in [0.15, 0.2) is 0 Å². The summed E-state index contributed by atoms with van der Waals surface area (Å²) in [6.07, 6.45) is 0. The lowest BCUT2D eigenvalue weighted by molar-refractivity contribution is 0.0695. The highest BCUT2D eigenvalue weighted by Crippen LogP contribution is 2.31. The summed E-state index contributed by atoms with van der Waals surface area (Å²) in [5, 5.41) is 8.64. The molecule has 6 heteroatoms. The Morgan fingerprint density at radius 2 is 1.92 bits per heavy atom. The van der Waals surface area contributed by atoms with E-state index >= 15 is 0 Å². The molecule has 13 heavy (non-hydrogen) atoms. The largest absolute Gasteiger partial charge is 0.478 e. The number of aromatic carboxylic acids is 1. The van der Waals surface area contributed by atoms with Gasteiger partial charge in [0, 0.05) is 0 Å². The van der Waals surface area contributed by atoms with Gasteiger partial charge in [0.25, 0.3) is 0 Å². The van der Waals surface area contributed by atoms with E-state index in [0.717, 1.165) is 0 Å². The molecule has 0 aromatic heterocycles. The molecule has 0 amide bonds. The quantitative estimate of drug-likeness (QED) is 0.636. The van der Waals surface area contributed by atoms with E-state index < -0.39 is 14.6 Å². The number of carboxylic acid groups (broad SMARTS) is 1. The fraction of sp³-hybridized carbons (Fsp3) is 0. The van der Waals surface area contributed by atoms with E-state index in [2.05, 4.69) is 4.52 Å². The molecular formula is C7H7O5P. The minimum atomic E-state index is -2.58. The predicted molar refractivity (Wildman–Crippen MR) is 45.4 cm³/mol. The van der Waals surface area contributed by atoms with E-state index in [4.69, 9.17) is 14.9 Å². The average molecular weight is 202 g/mol. The van der Waals surface area contributed by atoms with Gasteiger partial charge in [-0.05, 0) is 12.1 Å². The minimum Gasteiger partial charge on any atom is -0.478 e. The van der Waals surface area contributed by atoms with Crippen LogP contribution < -0.4 is 4.52 Å². The van der Waals surface area contributed by atoms with Crippen molar-refractivity contribution < 1.29 is 24.2 Å². The fourth-order valence-electron chi connectivity index (χ4n) is 0.811. The van der Waals surface area contributed by atoms with Crippen LogP contribution >= 0.6 is 8.60 Å². The third kappa shape index (κ3) is 2.66. The second kappa shape index (κ2) is 4.18. The molecule has 1 rings (SSSR count). The zero-order valence-electron chi connectivity index (χ0n) is 6.41. The third-order valence-electron chi connectivity index (χ3n) is 1.30. The first kappa shape index (κ1) is 9.92. The van der Waals surface area contributed by atoms with Crippen molar-refractivity contribution in [1.29, 1.82) is 0 Å². The van der Waals surface area contributed by atoms with Crippen molar-refractivity contribution in [3.63, 3.8) is 0 Å². The summed E-state index contributed by atoms with van der Waals surface area (Å²) in [5.41, 5.74) is -0.0990. The monoisotopic (exact) mass is 202 g/mol. The molecule has 0 fully saturated rings. The van der Waals surface area contributed by atoms with Crippen LogP contribution in [-0.4, -0.2) is 20.9 Å². The first-order valence-corrected chi connectivity index (χ1v) is 4.46. The third-order valence-corrected chi connectivity index (χ3v) is 1.66. The van der Waals surface area contributed by atoms with Crippen LogP contribution in [0.1, 0.15) is 10.4 Å². The van der Waals surface area contributed by atoms with Crippen molar-refractivity contribution in [1.82, 2.24) is 0 Å². The molecule has 0 aliphatic carbocycles. The topological polar surface area (TPSA) is 87.0 Å². The first-order chi connectivity index (χ1) is 6.11. The molecule has 3 N–H and O–H groups in total. The van der Waals surface area contributed by atoms with Gasteiger partial charge in [-0.15, -0.1) is 0 Å². The van der Waals surface area contributed by atoms with Crippen LogP contribution in [0.25, 0.3) is 0 Å². The van der Waals surface area contributed by atoms with Crippen LogP contribution in [0.4, 0.5) is 0 Å². The maximum absolute atomic E-state index is 10.6. The molecule has 0 radical (unpaired) electrons. The Labute approximate surface area is 75.2 Å². The van der Waals surface area contributed by atoms with Crippen LogP contribution in [0.3, 0.4) is 0 Å². The number of carboxylic acids is 1. The Bertz CT molecular complexity index is 312. The van der Waals surface area contributed by atoms with Crippen LogP contribution in [0, 0.1) is 0 Å². The van der Waals surface area contributed by atoms with Crippen molar-refractivity contribution in [2.45, 2.75) is 0 Å². The smallest absolute Gasteiger partial charge is 0.391 e. The summed E-state index contributed by atoms with van der Waals surface area (Å²) >= 11 is 0. The lowest BCUT2D eigenvalue weighted by atomic mass is 10.2. The number of carbonyl (C=O) groups is 1. The Hall–Kier alpha value is -1.16. The summed E-state index contributed by atoms with van der Waals surface area (Å²) < 4.78 is 4.50. The Balaban J connectivity index is 2.98. The molecule has 0 heterocycles. The van der Waals surface area contributed by atoms with Crippen molar-refractivity contribution in [3.05, 3.63) is 29.8 Å². The van der Waals surface area contributed by atoms with Gasteiger partial charge in [0.1, 0.15) is 11.3 Å². The van der Waals surface area contributed by atoms with Crippen LogP contribution in [0.5, 0.6) is 5.75 Å². The highest BCUT2D eigenvalue weighted by molar-refractivity contribution is 7.39. The lowest BCUT2D eigenvalue weighted by Crippen LogP contribution is -1.99. The van der Waals surface area contributed by atoms with Gasteiger partial charge in [0.2, 0.25) is 0 Å². The zero-order chi connectivity index (χ0) is 9.84. The molecule has 70 valence electrons. The molecule has 5 nitrogen and oxygen atoms in total. The van der Waals surface area contributed by atoms with Gasteiger partial charge >= 0.3 is 14.6 Å². The first-order valence-electron chi connectivity index (χ1n) is 3.29. The van der Waals surface area contributed by atoms with Gasteiger partial charge in [0.05, 0.1) is 0 Å². The van der Waals surface area contributed by atoms with Gasteiger partial charge in [-0.3, -0.25) is 0 Å². The molecule has 1 aromatic carbocycles. The van der Waals surface area contributed by atoms with E-state index in [0.29, 0.717) is 0 Å².